The molecule has 1 aliphatic rings. The van der Waals surface area contributed by atoms with Crippen LogP contribution in [0, 0.1) is 26.0 Å². The van der Waals surface area contributed by atoms with Crippen molar-refractivity contribution in [3.05, 3.63) is 109 Å². The largest absolute Gasteiger partial charge is 0.290 e. The summed E-state index contributed by atoms with van der Waals surface area (Å²) >= 11 is 0. The number of imide groups is 1. The van der Waals surface area contributed by atoms with E-state index in [1.165, 1.54) is 24.3 Å². The first kappa shape index (κ1) is 22.2. The fraction of sp³-hybridized carbons (Fsp3) is 0.0455. The zero-order valence-electron chi connectivity index (χ0n) is 17.1. The Morgan fingerprint density at radius 2 is 1.35 bits per heavy atom. The lowest BCUT2D eigenvalue weighted by molar-refractivity contribution is -0.394. The summed E-state index contributed by atoms with van der Waals surface area (Å²) in [5.74, 6) is -2.95. The quantitative estimate of drug-likeness (QED) is 0.308. The molecule has 0 N–H and O–H groups in total. The van der Waals surface area contributed by atoms with Gasteiger partial charge in [0.1, 0.15) is 12.5 Å². The van der Waals surface area contributed by atoms with E-state index in [0.29, 0.717) is 6.07 Å². The van der Waals surface area contributed by atoms with Crippen molar-refractivity contribution in [1.29, 1.82) is 0 Å². The fourth-order valence-electron chi connectivity index (χ4n) is 3.48. The number of benzene rings is 3. The number of halogens is 1. The minimum Gasteiger partial charge on any atom is -0.290 e. The van der Waals surface area contributed by atoms with Crippen LogP contribution in [0.15, 0.2) is 66.7 Å². The highest BCUT2D eigenvalue weighted by atomic mass is 19.1. The van der Waals surface area contributed by atoms with Crippen LogP contribution in [0.5, 0.6) is 0 Å². The van der Waals surface area contributed by atoms with Crippen molar-refractivity contribution < 1.29 is 28.6 Å². The summed E-state index contributed by atoms with van der Waals surface area (Å²) in [6, 6.07) is 12.9. The number of amides is 3. The Labute approximate surface area is 189 Å². The molecule has 34 heavy (non-hydrogen) atoms. The lowest BCUT2D eigenvalue weighted by atomic mass is 10.1. The van der Waals surface area contributed by atoms with E-state index in [1.807, 2.05) is 0 Å². The first-order valence-electron chi connectivity index (χ1n) is 9.64. The highest BCUT2D eigenvalue weighted by Crippen LogP contribution is 2.28. The predicted molar refractivity (Wildman–Crippen MR) is 115 cm³/mol. The maximum absolute atomic E-state index is 13.5. The predicted octanol–water partition coefficient (Wildman–Crippen LogP) is 3.54. The molecule has 170 valence electrons. The number of fused-ring (bicyclic) bond motifs is 1. The average molecular weight is 464 g/mol. The number of anilines is 1. The molecule has 3 amide bonds. The van der Waals surface area contributed by atoms with Crippen LogP contribution < -0.4 is 4.90 Å². The van der Waals surface area contributed by atoms with Gasteiger partial charge in [-0.1, -0.05) is 12.1 Å². The van der Waals surface area contributed by atoms with Gasteiger partial charge in [-0.25, -0.2) is 4.39 Å². The van der Waals surface area contributed by atoms with Gasteiger partial charge in [-0.2, -0.15) is 0 Å². The Hall–Kier alpha value is -5.00. The summed E-state index contributed by atoms with van der Waals surface area (Å²) in [6.45, 7) is -0.618. The SMILES string of the molecule is O=C1c2ccccc2C(=O)N1CN(C(=O)c1cc([N+](=O)[O-])cc([N+](=O)[O-])c1)c1ccc(F)cc1. The number of carbonyl (C=O) groups excluding carboxylic acids is 3. The number of nitro groups is 2. The van der Waals surface area contributed by atoms with E-state index in [9.17, 15) is 39.0 Å². The van der Waals surface area contributed by atoms with Gasteiger partial charge in [0.15, 0.2) is 0 Å². The van der Waals surface area contributed by atoms with Gasteiger partial charge in [0.25, 0.3) is 29.1 Å². The van der Waals surface area contributed by atoms with Crippen LogP contribution in [0.2, 0.25) is 0 Å². The zero-order valence-corrected chi connectivity index (χ0v) is 17.1. The van der Waals surface area contributed by atoms with E-state index in [1.54, 1.807) is 12.1 Å². The number of carbonyl (C=O) groups is 3. The molecule has 0 unspecified atom stereocenters. The lowest BCUT2D eigenvalue weighted by Gasteiger charge is -2.27. The van der Waals surface area contributed by atoms with Gasteiger partial charge in [-0.15, -0.1) is 0 Å². The molecule has 1 aliphatic heterocycles. The Kier molecular flexibility index (Phi) is 5.55. The maximum atomic E-state index is 13.5. The molecule has 3 aromatic rings. The molecule has 0 aromatic heterocycles. The monoisotopic (exact) mass is 464 g/mol. The molecule has 0 saturated carbocycles. The molecule has 3 aromatic carbocycles. The zero-order chi connectivity index (χ0) is 24.6. The van der Waals surface area contributed by atoms with Crippen LogP contribution in [0.25, 0.3) is 0 Å². The number of hydrogen-bond donors (Lipinski definition) is 0. The molecule has 0 radical (unpaired) electrons. The second kappa shape index (κ2) is 8.50. The molecular weight excluding hydrogens is 451 g/mol. The van der Waals surface area contributed by atoms with Crippen LogP contribution in [0.4, 0.5) is 21.5 Å². The van der Waals surface area contributed by atoms with Crippen LogP contribution in [-0.2, 0) is 0 Å². The molecule has 4 rings (SSSR count). The van der Waals surface area contributed by atoms with E-state index in [-0.39, 0.29) is 16.8 Å². The van der Waals surface area contributed by atoms with Crippen LogP contribution >= 0.6 is 0 Å². The topological polar surface area (TPSA) is 144 Å². The summed E-state index contributed by atoms with van der Waals surface area (Å²) in [5, 5.41) is 22.5. The van der Waals surface area contributed by atoms with E-state index in [4.69, 9.17) is 0 Å². The van der Waals surface area contributed by atoms with Crippen molar-refractivity contribution in [3.63, 3.8) is 0 Å². The van der Waals surface area contributed by atoms with E-state index < -0.39 is 57.0 Å². The molecule has 11 nitrogen and oxygen atoms in total. The summed E-state index contributed by atoms with van der Waals surface area (Å²) in [5.41, 5.74) is -1.51. The third kappa shape index (κ3) is 3.95. The van der Waals surface area contributed by atoms with Crippen molar-refractivity contribution >= 4 is 34.8 Å². The second-order valence-electron chi connectivity index (χ2n) is 7.19. The van der Waals surface area contributed by atoms with Crippen LogP contribution in [0.1, 0.15) is 31.1 Å². The number of nitro benzene ring substituents is 2. The molecule has 0 saturated heterocycles. The first-order chi connectivity index (χ1) is 16.2. The Balaban J connectivity index is 1.78. The van der Waals surface area contributed by atoms with Crippen LogP contribution in [-0.4, -0.2) is 39.1 Å². The number of hydrogen-bond acceptors (Lipinski definition) is 7. The summed E-state index contributed by atoms with van der Waals surface area (Å²) in [6.07, 6.45) is 0. The third-order valence-corrected chi connectivity index (χ3v) is 5.12. The number of non-ortho nitro benzene ring substituents is 2. The van der Waals surface area contributed by atoms with Gasteiger partial charge in [-0.3, -0.25) is 44.4 Å². The van der Waals surface area contributed by atoms with Crippen molar-refractivity contribution in [2.45, 2.75) is 0 Å². The van der Waals surface area contributed by atoms with Crippen LogP contribution in [0.3, 0.4) is 0 Å². The van der Waals surface area contributed by atoms with Crippen molar-refractivity contribution in [2.24, 2.45) is 0 Å². The Morgan fingerprint density at radius 3 is 1.82 bits per heavy atom. The minimum absolute atomic E-state index is 0.0529. The van der Waals surface area contributed by atoms with Gasteiger partial charge in [-0.05, 0) is 36.4 Å². The Bertz CT molecular complexity index is 1310. The first-order valence-corrected chi connectivity index (χ1v) is 9.64. The highest BCUT2D eigenvalue weighted by molar-refractivity contribution is 6.22. The molecule has 0 aliphatic carbocycles. The normalized spacial score (nSPS) is 12.4. The van der Waals surface area contributed by atoms with E-state index in [2.05, 4.69) is 0 Å². The van der Waals surface area contributed by atoms with Gasteiger partial charge in [0.05, 0.1) is 32.6 Å². The summed E-state index contributed by atoms with van der Waals surface area (Å²) in [4.78, 5) is 61.4. The van der Waals surface area contributed by atoms with E-state index in [0.717, 1.165) is 34.1 Å². The summed E-state index contributed by atoms with van der Waals surface area (Å²) in [7, 11) is 0. The average Bonchev–Trinajstić information content (AvgIpc) is 3.07. The minimum atomic E-state index is -0.977. The molecule has 1 heterocycles. The standard InChI is InChI=1S/C22H13FN4O7/c23-14-5-7-15(8-6-14)24(12-25-21(29)18-3-1-2-4-19(18)22(25)30)20(28)13-9-16(26(31)32)11-17(10-13)27(33)34/h1-11H,12H2. The third-order valence-electron chi connectivity index (χ3n) is 5.12. The second-order valence-corrected chi connectivity index (χ2v) is 7.19. The van der Waals surface area contributed by atoms with Crippen molar-refractivity contribution in [1.82, 2.24) is 4.90 Å². The van der Waals surface area contributed by atoms with Crippen molar-refractivity contribution in [2.75, 3.05) is 11.6 Å². The van der Waals surface area contributed by atoms with Gasteiger partial charge >= 0.3 is 0 Å². The van der Waals surface area contributed by atoms with Crippen molar-refractivity contribution in [3.8, 4) is 0 Å². The smallest absolute Gasteiger partial charge is 0.277 e. The molecule has 0 spiro atoms. The molecule has 0 bridgehead atoms. The molecule has 0 fully saturated rings. The van der Waals surface area contributed by atoms with Gasteiger partial charge in [0.2, 0.25) is 0 Å². The molecule has 0 atom stereocenters. The van der Waals surface area contributed by atoms with Gasteiger partial charge in [0, 0.05) is 17.8 Å². The lowest BCUT2D eigenvalue weighted by Crippen LogP contribution is -2.44. The highest BCUT2D eigenvalue weighted by Gasteiger charge is 2.37. The molecule has 12 heteroatoms. The Morgan fingerprint density at radius 1 is 0.853 bits per heavy atom. The summed E-state index contributed by atoms with van der Waals surface area (Å²) < 4.78 is 13.5. The van der Waals surface area contributed by atoms with E-state index >= 15 is 0 Å². The fourth-order valence-corrected chi connectivity index (χ4v) is 3.48. The molecular formula is C22H13FN4O7. The van der Waals surface area contributed by atoms with Gasteiger partial charge < -0.3 is 0 Å². The number of nitrogens with zero attached hydrogens (tertiary/aromatic N) is 4. The number of rotatable bonds is 6. The maximum Gasteiger partial charge on any atom is 0.277 e.